The molecule has 0 spiro atoms. The van der Waals surface area contributed by atoms with Crippen LogP contribution in [0.1, 0.15) is 31.0 Å². The van der Waals surface area contributed by atoms with Gasteiger partial charge in [-0.1, -0.05) is 33.3 Å². The fourth-order valence-electron chi connectivity index (χ4n) is 4.00. The van der Waals surface area contributed by atoms with Gasteiger partial charge < -0.3 is 14.2 Å². The number of nitrogens with zero attached hydrogens (tertiary/aromatic N) is 2. The maximum atomic E-state index is 13.8. The molecule has 7 nitrogen and oxygen atoms in total. The van der Waals surface area contributed by atoms with Crippen molar-refractivity contribution in [3.8, 4) is 11.5 Å². The highest BCUT2D eigenvalue weighted by molar-refractivity contribution is 9.11. The molecule has 0 unspecified atom stereocenters. The summed E-state index contributed by atoms with van der Waals surface area (Å²) in [5.74, 6) is 0.725. The van der Waals surface area contributed by atoms with E-state index in [1.165, 1.54) is 11.3 Å². The average Bonchev–Trinajstić information content (AvgIpc) is 3.12. The molecule has 36 heavy (non-hydrogen) atoms. The van der Waals surface area contributed by atoms with Gasteiger partial charge in [0, 0.05) is 10.0 Å². The highest BCUT2D eigenvalue weighted by Crippen LogP contribution is 2.35. The van der Waals surface area contributed by atoms with Crippen molar-refractivity contribution in [3.05, 3.63) is 85.8 Å². The van der Waals surface area contributed by atoms with Crippen molar-refractivity contribution in [2.24, 2.45) is 4.99 Å². The van der Waals surface area contributed by atoms with Crippen molar-refractivity contribution in [2.45, 2.75) is 19.9 Å². The molecule has 1 atom stereocenters. The summed E-state index contributed by atoms with van der Waals surface area (Å²) in [5.41, 5.74) is 1.98. The van der Waals surface area contributed by atoms with E-state index in [0.717, 1.165) is 14.5 Å². The molecule has 0 radical (unpaired) electrons. The molecule has 0 saturated carbocycles. The molecule has 188 valence electrons. The molecule has 1 aliphatic heterocycles. The Balaban J connectivity index is 2.00. The molecular weight excluding hydrogens is 680 g/mol. The second-order valence-electron chi connectivity index (χ2n) is 7.71. The zero-order valence-electron chi connectivity index (χ0n) is 19.7. The third-order valence-electron chi connectivity index (χ3n) is 5.54. The second-order valence-corrected chi connectivity index (χ2v) is 11.3. The van der Waals surface area contributed by atoms with Crippen LogP contribution in [0.2, 0.25) is 0 Å². The van der Waals surface area contributed by atoms with Gasteiger partial charge in [-0.25, -0.2) is 9.79 Å². The van der Waals surface area contributed by atoms with E-state index in [0.29, 0.717) is 42.1 Å². The van der Waals surface area contributed by atoms with Crippen LogP contribution in [0.4, 0.5) is 0 Å². The fourth-order valence-corrected chi connectivity index (χ4v) is 7.02. The summed E-state index contributed by atoms with van der Waals surface area (Å²) in [4.78, 5) is 32.0. The number of halogens is 3. The summed E-state index contributed by atoms with van der Waals surface area (Å²) >= 11 is 11.8. The van der Waals surface area contributed by atoms with Gasteiger partial charge in [-0.2, -0.15) is 0 Å². The van der Waals surface area contributed by atoms with Crippen LogP contribution in [-0.2, 0) is 9.53 Å². The monoisotopic (exact) mass is 698 g/mol. The predicted octanol–water partition coefficient (Wildman–Crippen LogP) is 5.10. The number of esters is 1. The summed E-state index contributed by atoms with van der Waals surface area (Å²) in [6, 6.07) is 8.48. The van der Waals surface area contributed by atoms with E-state index in [4.69, 9.17) is 14.2 Å². The number of carbonyl (C=O) groups excluding carboxylic acids is 1. The van der Waals surface area contributed by atoms with Crippen molar-refractivity contribution in [1.29, 1.82) is 0 Å². The van der Waals surface area contributed by atoms with Gasteiger partial charge in [0.25, 0.3) is 5.56 Å². The van der Waals surface area contributed by atoms with Crippen LogP contribution in [0.25, 0.3) is 6.08 Å². The normalized spacial score (nSPS) is 15.4. The van der Waals surface area contributed by atoms with Gasteiger partial charge in [0.05, 0.1) is 51.6 Å². The molecule has 0 fully saturated rings. The lowest BCUT2D eigenvalue weighted by atomic mass is 9.96. The van der Waals surface area contributed by atoms with E-state index in [1.54, 1.807) is 44.8 Å². The number of carbonyl (C=O) groups is 1. The van der Waals surface area contributed by atoms with Gasteiger partial charge in [0.15, 0.2) is 4.80 Å². The van der Waals surface area contributed by atoms with E-state index in [9.17, 15) is 9.59 Å². The zero-order valence-corrected chi connectivity index (χ0v) is 25.3. The first-order valence-electron chi connectivity index (χ1n) is 10.8. The molecule has 0 bridgehead atoms. The van der Waals surface area contributed by atoms with Crippen molar-refractivity contribution < 1.29 is 19.0 Å². The first kappa shape index (κ1) is 26.8. The summed E-state index contributed by atoms with van der Waals surface area (Å²) in [5, 5.41) is 0. The van der Waals surface area contributed by atoms with Crippen LogP contribution >= 0.6 is 59.1 Å². The summed E-state index contributed by atoms with van der Waals surface area (Å²) in [6.07, 6.45) is 1.77. The Morgan fingerprint density at radius 1 is 1.14 bits per heavy atom. The van der Waals surface area contributed by atoms with Gasteiger partial charge in [0.2, 0.25) is 0 Å². The number of benzene rings is 2. The van der Waals surface area contributed by atoms with Gasteiger partial charge in [0.1, 0.15) is 11.5 Å². The quantitative estimate of drug-likeness (QED) is 0.335. The first-order valence-corrected chi connectivity index (χ1v) is 14.0. The zero-order chi connectivity index (χ0) is 26.1. The fraction of sp³-hybridized carbons (Fsp3) is 0.240. The largest absolute Gasteiger partial charge is 0.496 e. The molecule has 11 heteroatoms. The summed E-state index contributed by atoms with van der Waals surface area (Å²) in [6.45, 7) is 3.70. The SMILES string of the molecule is CCOC(=O)C1=C(C)N=c2s/c(=C/c3cc(Br)cc(Br)c3OC)c(=O)n2[C@@H]1c1ccc(OC)c(Br)c1. The van der Waals surface area contributed by atoms with Crippen molar-refractivity contribution >= 4 is 71.2 Å². The standard InChI is InChI=1S/C25H21Br3N2O5S/c1-5-35-24(32)20-12(2)29-25-30(21(20)13-6-7-18(33-3)16(27)9-13)23(31)19(36-25)10-14-8-15(26)11-17(28)22(14)34-4/h6-11,21H,5H2,1-4H3/b19-10+/t21-/m1/s1. The highest BCUT2D eigenvalue weighted by Gasteiger charge is 2.33. The summed E-state index contributed by atoms with van der Waals surface area (Å²) < 4.78 is 20.5. The minimum atomic E-state index is -0.721. The van der Waals surface area contributed by atoms with E-state index in [-0.39, 0.29) is 12.2 Å². The summed E-state index contributed by atoms with van der Waals surface area (Å²) in [7, 11) is 3.15. The van der Waals surface area contributed by atoms with E-state index in [2.05, 4.69) is 52.8 Å². The van der Waals surface area contributed by atoms with E-state index in [1.807, 2.05) is 24.3 Å². The Hall–Kier alpha value is -2.21. The lowest BCUT2D eigenvalue weighted by Crippen LogP contribution is -2.40. The first-order chi connectivity index (χ1) is 17.2. The Bertz CT molecular complexity index is 1580. The van der Waals surface area contributed by atoms with Gasteiger partial charge in [-0.3, -0.25) is 9.36 Å². The molecule has 1 aromatic heterocycles. The number of ether oxygens (including phenoxy) is 3. The van der Waals surface area contributed by atoms with Crippen LogP contribution in [0.3, 0.4) is 0 Å². The number of allylic oxidation sites excluding steroid dienone is 1. The van der Waals surface area contributed by atoms with Gasteiger partial charge in [-0.15, -0.1) is 0 Å². The maximum Gasteiger partial charge on any atom is 0.338 e. The number of rotatable bonds is 6. The number of fused-ring (bicyclic) bond motifs is 1. The Morgan fingerprint density at radius 2 is 1.89 bits per heavy atom. The number of thiazole rings is 1. The van der Waals surface area contributed by atoms with Crippen molar-refractivity contribution in [2.75, 3.05) is 20.8 Å². The van der Waals surface area contributed by atoms with E-state index < -0.39 is 12.0 Å². The van der Waals surface area contributed by atoms with Crippen molar-refractivity contribution in [3.63, 3.8) is 0 Å². The van der Waals surface area contributed by atoms with Crippen LogP contribution in [0, 0.1) is 0 Å². The maximum absolute atomic E-state index is 13.8. The van der Waals surface area contributed by atoms with Crippen LogP contribution in [0.15, 0.2) is 64.8 Å². The lowest BCUT2D eigenvalue weighted by Gasteiger charge is -2.25. The number of hydrogen-bond acceptors (Lipinski definition) is 7. The Morgan fingerprint density at radius 3 is 2.53 bits per heavy atom. The molecule has 2 heterocycles. The Kier molecular flexibility index (Phi) is 8.23. The molecule has 3 aromatic rings. The van der Waals surface area contributed by atoms with Crippen LogP contribution in [0.5, 0.6) is 11.5 Å². The van der Waals surface area contributed by atoms with Crippen LogP contribution in [-0.4, -0.2) is 31.4 Å². The molecule has 1 aliphatic rings. The van der Waals surface area contributed by atoms with Crippen molar-refractivity contribution in [1.82, 2.24) is 4.57 Å². The average molecular weight is 701 g/mol. The molecule has 4 rings (SSSR count). The molecular formula is C25H21Br3N2O5S. The van der Waals surface area contributed by atoms with E-state index >= 15 is 0 Å². The minimum absolute atomic E-state index is 0.205. The number of methoxy groups -OCH3 is 2. The van der Waals surface area contributed by atoms with Gasteiger partial charge >= 0.3 is 5.97 Å². The number of aromatic nitrogens is 1. The minimum Gasteiger partial charge on any atom is -0.496 e. The molecule has 0 amide bonds. The third kappa shape index (κ3) is 4.98. The molecule has 0 saturated heterocycles. The van der Waals surface area contributed by atoms with Gasteiger partial charge in [-0.05, 0) is 81.6 Å². The smallest absolute Gasteiger partial charge is 0.338 e. The third-order valence-corrected chi connectivity index (χ3v) is 8.19. The predicted molar refractivity (Wildman–Crippen MR) is 149 cm³/mol. The second kappa shape index (κ2) is 11.0. The number of hydrogen-bond donors (Lipinski definition) is 0. The highest BCUT2D eigenvalue weighted by atomic mass is 79.9. The lowest BCUT2D eigenvalue weighted by molar-refractivity contribution is -0.139. The molecule has 0 N–H and O–H groups in total. The molecule has 0 aliphatic carbocycles. The molecule has 2 aromatic carbocycles. The van der Waals surface area contributed by atoms with Crippen LogP contribution < -0.4 is 24.4 Å². The topological polar surface area (TPSA) is 79.1 Å². The Labute approximate surface area is 236 Å².